The van der Waals surface area contributed by atoms with Crippen molar-refractivity contribution >= 4 is 33.3 Å². The van der Waals surface area contributed by atoms with Gasteiger partial charge in [0.2, 0.25) is 5.91 Å². The summed E-state index contributed by atoms with van der Waals surface area (Å²) in [6, 6.07) is 0. The Morgan fingerprint density at radius 1 is 1.27 bits per heavy atom. The number of fused-ring (bicyclic) bond motifs is 1. The summed E-state index contributed by atoms with van der Waals surface area (Å²) >= 11 is 1.73. The molecule has 22 heavy (non-hydrogen) atoms. The van der Waals surface area contributed by atoms with E-state index in [1.165, 1.54) is 15.8 Å². The molecule has 0 aromatic carbocycles. The lowest BCUT2D eigenvalue weighted by atomic mass is 9.95. The first kappa shape index (κ1) is 15.2. The van der Waals surface area contributed by atoms with E-state index in [4.69, 9.17) is 0 Å². The van der Waals surface area contributed by atoms with Crippen LogP contribution in [0.25, 0.3) is 10.2 Å². The number of rotatable bonds is 2. The lowest BCUT2D eigenvalue weighted by Gasteiger charge is -2.33. The van der Waals surface area contributed by atoms with Gasteiger partial charge in [-0.3, -0.25) is 4.79 Å². The number of hydrogen-bond acceptors (Lipinski definition) is 5. The first-order valence-electron chi connectivity index (χ1n) is 7.66. The Kier molecular flexibility index (Phi) is 4.04. The van der Waals surface area contributed by atoms with Gasteiger partial charge >= 0.3 is 0 Å². The summed E-state index contributed by atoms with van der Waals surface area (Å²) in [5.74, 6) is 1.42. The van der Waals surface area contributed by atoms with Crippen molar-refractivity contribution in [3.63, 3.8) is 0 Å². The monoisotopic (exact) mass is 318 g/mol. The van der Waals surface area contributed by atoms with E-state index in [0.29, 0.717) is 0 Å². The Hall–Kier alpha value is -1.69. The lowest BCUT2D eigenvalue weighted by Crippen LogP contribution is -2.40. The number of carbonyl (C=O) groups is 1. The van der Waals surface area contributed by atoms with E-state index in [1.54, 1.807) is 22.6 Å². The molecule has 2 aromatic rings. The fourth-order valence-corrected chi connectivity index (χ4v) is 4.10. The van der Waals surface area contributed by atoms with Crippen molar-refractivity contribution in [2.75, 3.05) is 32.1 Å². The highest BCUT2D eigenvalue weighted by Gasteiger charge is 2.28. The summed E-state index contributed by atoms with van der Waals surface area (Å²) in [4.78, 5) is 27.4. The van der Waals surface area contributed by atoms with Crippen LogP contribution in [0, 0.1) is 19.8 Å². The Bertz CT molecular complexity index is 701. The highest BCUT2D eigenvalue weighted by atomic mass is 32.1. The molecule has 6 heteroatoms. The van der Waals surface area contributed by atoms with Crippen LogP contribution in [0.2, 0.25) is 0 Å². The minimum Gasteiger partial charge on any atom is -0.356 e. The summed E-state index contributed by atoms with van der Waals surface area (Å²) in [6.07, 6.45) is 3.44. The van der Waals surface area contributed by atoms with Crippen molar-refractivity contribution in [2.24, 2.45) is 5.92 Å². The molecular weight excluding hydrogens is 296 g/mol. The number of carbonyl (C=O) groups excluding carboxylic acids is 1. The van der Waals surface area contributed by atoms with E-state index in [1.807, 2.05) is 14.1 Å². The van der Waals surface area contributed by atoms with Crippen molar-refractivity contribution in [1.82, 2.24) is 14.9 Å². The first-order valence-corrected chi connectivity index (χ1v) is 8.47. The Morgan fingerprint density at radius 3 is 2.59 bits per heavy atom. The largest absolute Gasteiger partial charge is 0.356 e. The van der Waals surface area contributed by atoms with E-state index in [2.05, 4.69) is 28.7 Å². The number of piperidine rings is 1. The minimum atomic E-state index is 0.147. The molecule has 1 fully saturated rings. The molecule has 1 saturated heterocycles. The Morgan fingerprint density at radius 2 is 1.95 bits per heavy atom. The Balaban J connectivity index is 1.84. The van der Waals surface area contributed by atoms with Crippen molar-refractivity contribution in [3.05, 3.63) is 16.8 Å². The molecule has 2 aromatic heterocycles. The number of nitrogens with zero attached hydrogens (tertiary/aromatic N) is 4. The van der Waals surface area contributed by atoms with Crippen molar-refractivity contribution < 1.29 is 4.79 Å². The summed E-state index contributed by atoms with van der Waals surface area (Å²) < 4.78 is 0. The van der Waals surface area contributed by atoms with Gasteiger partial charge in [-0.15, -0.1) is 11.3 Å². The van der Waals surface area contributed by atoms with Gasteiger partial charge in [0.1, 0.15) is 17.0 Å². The van der Waals surface area contributed by atoms with Crippen molar-refractivity contribution in [2.45, 2.75) is 26.7 Å². The summed E-state index contributed by atoms with van der Waals surface area (Å²) in [5.41, 5.74) is 1.28. The number of anilines is 1. The average molecular weight is 318 g/mol. The van der Waals surface area contributed by atoms with E-state index < -0.39 is 0 Å². The third-order valence-electron chi connectivity index (χ3n) is 4.53. The molecule has 0 radical (unpaired) electrons. The van der Waals surface area contributed by atoms with Crippen LogP contribution in [0.15, 0.2) is 6.33 Å². The Labute approximate surface area is 135 Å². The zero-order chi connectivity index (χ0) is 15.9. The molecule has 0 saturated carbocycles. The second-order valence-corrected chi connectivity index (χ2v) is 7.36. The minimum absolute atomic E-state index is 0.147. The maximum absolute atomic E-state index is 12.1. The fraction of sp³-hybridized carbons (Fsp3) is 0.562. The standard InChI is InChI=1S/C16H22N4OS/c1-10-11(2)22-15-13(10)14(17-9-18-15)20-7-5-12(6-8-20)16(21)19(3)4/h9,12H,5-8H2,1-4H3. The van der Waals surface area contributed by atoms with Crippen LogP contribution in [0.5, 0.6) is 0 Å². The van der Waals surface area contributed by atoms with E-state index >= 15 is 0 Å². The normalized spacial score (nSPS) is 16.3. The molecule has 1 aliphatic rings. The number of thiophene rings is 1. The number of aromatic nitrogens is 2. The molecule has 0 aliphatic carbocycles. The van der Waals surface area contributed by atoms with Gasteiger partial charge in [0.05, 0.1) is 5.39 Å². The zero-order valence-electron chi connectivity index (χ0n) is 13.6. The predicted molar refractivity (Wildman–Crippen MR) is 90.5 cm³/mol. The summed E-state index contributed by atoms with van der Waals surface area (Å²) in [7, 11) is 3.67. The summed E-state index contributed by atoms with van der Waals surface area (Å²) in [6.45, 7) is 6.03. The molecule has 118 valence electrons. The van der Waals surface area contributed by atoms with E-state index in [-0.39, 0.29) is 11.8 Å². The number of amides is 1. The smallest absolute Gasteiger partial charge is 0.225 e. The summed E-state index contributed by atoms with van der Waals surface area (Å²) in [5, 5.41) is 1.18. The van der Waals surface area contributed by atoms with Crippen LogP contribution in [-0.2, 0) is 4.79 Å². The maximum atomic E-state index is 12.1. The highest BCUT2D eigenvalue weighted by Crippen LogP contribution is 2.35. The molecule has 0 unspecified atom stereocenters. The van der Waals surface area contributed by atoms with Gasteiger partial charge < -0.3 is 9.80 Å². The molecule has 3 rings (SSSR count). The zero-order valence-corrected chi connectivity index (χ0v) is 14.4. The van der Waals surface area contributed by atoms with Gasteiger partial charge in [-0.05, 0) is 32.3 Å². The van der Waals surface area contributed by atoms with Gasteiger partial charge in [-0.1, -0.05) is 0 Å². The fourth-order valence-electron chi connectivity index (χ4n) is 3.11. The van der Waals surface area contributed by atoms with Gasteiger partial charge in [-0.2, -0.15) is 0 Å². The predicted octanol–water partition coefficient (Wildman–Crippen LogP) is 2.61. The third-order valence-corrected chi connectivity index (χ3v) is 5.65. The average Bonchev–Trinajstić information content (AvgIpc) is 2.81. The van der Waals surface area contributed by atoms with Crippen LogP contribution < -0.4 is 4.90 Å². The molecule has 3 heterocycles. The quantitative estimate of drug-likeness (QED) is 0.854. The van der Waals surface area contributed by atoms with Gasteiger partial charge in [0.15, 0.2) is 0 Å². The van der Waals surface area contributed by atoms with Crippen LogP contribution in [0.3, 0.4) is 0 Å². The number of hydrogen-bond donors (Lipinski definition) is 0. The second kappa shape index (κ2) is 5.83. The maximum Gasteiger partial charge on any atom is 0.225 e. The topological polar surface area (TPSA) is 49.3 Å². The molecule has 1 amide bonds. The van der Waals surface area contributed by atoms with Crippen molar-refractivity contribution in [3.8, 4) is 0 Å². The molecule has 0 N–H and O–H groups in total. The van der Waals surface area contributed by atoms with Crippen LogP contribution in [0.1, 0.15) is 23.3 Å². The van der Waals surface area contributed by atoms with Crippen LogP contribution in [-0.4, -0.2) is 48.0 Å². The van der Waals surface area contributed by atoms with E-state index in [9.17, 15) is 4.79 Å². The highest BCUT2D eigenvalue weighted by molar-refractivity contribution is 7.18. The van der Waals surface area contributed by atoms with E-state index in [0.717, 1.165) is 36.6 Å². The van der Waals surface area contributed by atoms with Crippen molar-refractivity contribution in [1.29, 1.82) is 0 Å². The van der Waals surface area contributed by atoms with Gasteiger partial charge in [-0.25, -0.2) is 9.97 Å². The molecule has 1 aliphatic heterocycles. The van der Waals surface area contributed by atoms with Crippen LogP contribution in [0.4, 0.5) is 5.82 Å². The lowest BCUT2D eigenvalue weighted by molar-refractivity contribution is -0.133. The molecule has 0 atom stereocenters. The van der Waals surface area contributed by atoms with Gasteiger partial charge in [0.25, 0.3) is 0 Å². The number of aryl methyl sites for hydroxylation is 2. The second-order valence-electron chi connectivity index (χ2n) is 6.15. The van der Waals surface area contributed by atoms with Gasteiger partial charge in [0, 0.05) is 38.0 Å². The molecule has 5 nitrogen and oxygen atoms in total. The first-order chi connectivity index (χ1) is 10.5. The third kappa shape index (κ3) is 2.56. The molecular formula is C16H22N4OS. The molecule has 0 spiro atoms. The molecule has 0 bridgehead atoms. The SMILES string of the molecule is Cc1sc2ncnc(N3CCC(C(=O)N(C)C)CC3)c2c1C. The van der Waals surface area contributed by atoms with Crippen LogP contribution >= 0.6 is 11.3 Å².